The molecular formula is C44H30. The summed E-state index contributed by atoms with van der Waals surface area (Å²) in [5, 5.41) is 5.18. The summed E-state index contributed by atoms with van der Waals surface area (Å²) in [7, 11) is 0. The van der Waals surface area contributed by atoms with Crippen LogP contribution in [0.1, 0.15) is 22.6 Å². The van der Waals surface area contributed by atoms with Crippen LogP contribution in [0.25, 0.3) is 55.4 Å². The van der Waals surface area contributed by atoms with Crippen molar-refractivity contribution in [3.05, 3.63) is 192 Å². The van der Waals surface area contributed by atoms with E-state index in [2.05, 4.69) is 170 Å². The molecule has 2 unspecified atom stereocenters. The third kappa shape index (κ3) is 3.85. The summed E-state index contributed by atoms with van der Waals surface area (Å²) in [5.41, 5.74) is 13.2. The molecule has 44 heavy (non-hydrogen) atoms. The first-order valence-electron chi connectivity index (χ1n) is 15.5. The molecule has 206 valence electrons. The summed E-state index contributed by atoms with van der Waals surface area (Å²) in [6, 6.07) is 46.6. The molecule has 0 heterocycles. The number of hydrogen-bond acceptors (Lipinski definition) is 0. The topological polar surface area (TPSA) is 0 Å². The Bertz CT molecular complexity index is 2190. The van der Waals surface area contributed by atoms with E-state index in [0.717, 1.165) is 0 Å². The zero-order valence-corrected chi connectivity index (χ0v) is 24.3. The van der Waals surface area contributed by atoms with E-state index in [9.17, 15) is 0 Å². The van der Waals surface area contributed by atoms with Gasteiger partial charge in [0.05, 0.1) is 0 Å². The second kappa shape index (κ2) is 10.1. The zero-order chi connectivity index (χ0) is 29.0. The van der Waals surface area contributed by atoms with Crippen LogP contribution in [-0.2, 0) is 0 Å². The van der Waals surface area contributed by atoms with Gasteiger partial charge in [-0.1, -0.05) is 170 Å². The van der Waals surface area contributed by atoms with Gasteiger partial charge in [-0.3, -0.25) is 0 Å². The van der Waals surface area contributed by atoms with Gasteiger partial charge < -0.3 is 0 Å². The summed E-state index contributed by atoms with van der Waals surface area (Å²) in [4.78, 5) is 0. The summed E-state index contributed by atoms with van der Waals surface area (Å²) < 4.78 is 0. The van der Waals surface area contributed by atoms with Crippen LogP contribution >= 0.6 is 0 Å². The maximum atomic E-state index is 2.48. The Morgan fingerprint density at radius 3 is 1.75 bits per heavy atom. The Balaban J connectivity index is 1.30. The maximum absolute atomic E-state index is 2.48. The molecule has 0 heteroatoms. The third-order valence-electron chi connectivity index (χ3n) is 9.67. The fourth-order valence-electron chi connectivity index (χ4n) is 7.73. The lowest BCUT2D eigenvalue weighted by atomic mass is 9.66. The van der Waals surface area contributed by atoms with Crippen molar-refractivity contribution in [2.75, 3.05) is 0 Å². The molecule has 0 bridgehead atoms. The summed E-state index contributed by atoms with van der Waals surface area (Å²) >= 11 is 0. The number of benzene rings is 6. The van der Waals surface area contributed by atoms with Crippen molar-refractivity contribution in [3.63, 3.8) is 0 Å². The third-order valence-corrected chi connectivity index (χ3v) is 9.67. The van der Waals surface area contributed by atoms with Crippen LogP contribution in [0, 0.1) is 5.92 Å². The molecule has 0 saturated carbocycles. The molecule has 0 radical (unpaired) electrons. The fraction of sp³-hybridized carbons (Fsp3) is 0.0455. The molecule has 6 aromatic carbocycles. The molecule has 0 N–H and O–H groups in total. The van der Waals surface area contributed by atoms with Crippen LogP contribution in [0.5, 0.6) is 0 Å². The average Bonchev–Trinajstić information content (AvgIpc) is 3.10. The molecule has 0 amide bonds. The van der Waals surface area contributed by atoms with Gasteiger partial charge in [-0.15, -0.1) is 0 Å². The molecule has 3 aliphatic rings. The molecule has 9 rings (SSSR count). The minimum Gasteiger partial charge on any atom is -0.0760 e. The van der Waals surface area contributed by atoms with Crippen LogP contribution in [0.2, 0.25) is 0 Å². The van der Waals surface area contributed by atoms with Crippen LogP contribution in [0.15, 0.2) is 175 Å². The van der Waals surface area contributed by atoms with Gasteiger partial charge in [0.15, 0.2) is 0 Å². The smallest absolute Gasteiger partial charge is 0.0199 e. The SMILES string of the molecule is C1=CC2=C(c3c4ccccc4c(-c4ccc(-c5ccccc5)cc4)c4ccccc34)C=C3C=Cc4ccccc4C3C2C=C1. The molecule has 0 aromatic heterocycles. The molecule has 0 saturated heterocycles. The van der Waals surface area contributed by atoms with Gasteiger partial charge in [0.2, 0.25) is 0 Å². The molecule has 0 aliphatic heterocycles. The largest absolute Gasteiger partial charge is 0.0760 e. The highest BCUT2D eigenvalue weighted by Gasteiger charge is 2.35. The van der Waals surface area contributed by atoms with E-state index in [1.165, 1.54) is 77.2 Å². The van der Waals surface area contributed by atoms with Crippen molar-refractivity contribution < 1.29 is 0 Å². The molecule has 0 fully saturated rings. The average molecular weight is 559 g/mol. The Morgan fingerprint density at radius 2 is 1.02 bits per heavy atom. The van der Waals surface area contributed by atoms with Crippen LogP contribution < -0.4 is 0 Å². The van der Waals surface area contributed by atoms with Crippen molar-refractivity contribution in [2.24, 2.45) is 5.92 Å². The van der Waals surface area contributed by atoms with E-state index in [1.807, 2.05) is 0 Å². The molecular weight excluding hydrogens is 528 g/mol. The number of hydrogen-bond donors (Lipinski definition) is 0. The lowest BCUT2D eigenvalue weighted by Gasteiger charge is -2.37. The first-order valence-corrected chi connectivity index (χ1v) is 15.5. The minimum atomic E-state index is 0.295. The molecule has 2 atom stereocenters. The van der Waals surface area contributed by atoms with Crippen molar-refractivity contribution in [3.8, 4) is 22.3 Å². The van der Waals surface area contributed by atoms with Gasteiger partial charge in [-0.05, 0) is 77.2 Å². The first-order chi connectivity index (χ1) is 21.8. The van der Waals surface area contributed by atoms with E-state index < -0.39 is 0 Å². The van der Waals surface area contributed by atoms with Crippen LogP contribution in [0.3, 0.4) is 0 Å². The number of rotatable bonds is 3. The lowest BCUT2D eigenvalue weighted by molar-refractivity contribution is 0.648. The summed E-state index contributed by atoms with van der Waals surface area (Å²) in [6.45, 7) is 0. The fourth-order valence-corrected chi connectivity index (χ4v) is 7.73. The lowest BCUT2D eigenvalue weighted by Crippen LogP contribution is -2.22. The molecule has 0 nitrogen and oxygen atoms in total. The van der Waals surface area contributed by atoms with Gasteiger partial charge in [0.25, 0.3) is 0 Å². The normalized spacial score (nSPS) is 18.2. The van der Waals surface area contributed by atoms with E-state index in [1.54, 1.807) is 0 Å². The van der Waals surface area contributed by atoms with E-state index in [4.69, 9.17) is 0 Å². The van der Waals surface area contributed by atoms with Gasteiger partial charge in [0.1, 0.15) is 0 Å². The van der Waals surface area contributed by atoms with E-state index in [0.29, 0.717) is 11.8 Å². The predicted octanol–water partition coefficient (Wildman–Crippen LogP) is 11.6. The number of fused-ring (bicyclic) bond motifs is 7. The quantitative estimate of drug-likeness (QED) is 0.190. The molecule has 3 aliphatic carbocycles. The van der Waals surface area contributed by atoms with Crippen molar-refractivity contribution >= 4 is 33.2 Å². The zero-order valence-electron chi connectivity index (χ0n) is 24.3. The molecule has 6 aromatic rings. The predicted molar refractivity (Wildman–Crippen MR) is 187 cm³/mol. The van der Waals surface area contributed by atoms with Crippen molar-refractivity contribution in [2.45, 2.75) is 5.92 Å². The van der Waals surface area contributed by atoms with Gasteiger partial charge >= 0.3 is 0 Å². The first kappa shape index (κ1) is 25.1. The Kier molecular flexibility index (Phi) is 5.74. The van der Waals surface area contributed by atoms with Crippen LogP contribution in [-0.4, -0.2) is 0 Å². The highest BCUT2D eigenvalue weighted by atomic mass is 14.4. The van der Waals surface area contributed by atoms with Crippen molar-refractivity contribution in [1.29, 1.82) is 0 Å². The summed E-state index contributed by atoms with van der Waals surface area (Å²) in [5.74, 6) is 0.625. The van der Waals surface area contributed by atoms with Crippen molar-refractivity contribution in [1.82, 2.24) is 0 Å². The van der Waals surface area contributed by atoms with Gasteiger partial charge in [-0.25, -0.2) is 0 Å². The summed E-state index contributed by atoms with van der Waals surface area (Å²) in [6.07, 6.45) is 16.3. The number of allylic oxidation sites excluding steroid dienone is 9. The highest BCUT2D eigenvalue weighted by molar-refractivity contribution is 6.20. The van der Waals surface area contributed by atoms with E-state index in [-0.39, 0.29) is 0 Å². The minimum absolute atomic E-state index is 0.295. The van der Waals surface area contributed by atoms with Crippen LogP contribution in [0.4, 0.5) is 0 Å². The second-order valence-corrected chi connectivity index (χ2v) is 12.0. The van der Waals surface area contributed by atoms with Gasteiger partial charge in [-0.2, -0.15) is 0 Å². The Hall–Kier alpha value is -5.46. The maximum Gasteiger partial charge on any atom is 0.0199 e. The standard InChI is InChI=1S/C44H30/c1-2-12-29(13-3-1)30-22-25-32(26-23-30)42-37-18-8-10-20-39(37)44(40-21-11-9-19-38(40)42)41-28-33-27-24-31-14-4-5-15-34(31)43(33)36-17-7-6-16-35(36)41/h1-28,36,43H. The molecule has 0 spiro atoms. The van der Waals surface area contributed by atoms with Gasteiger partial charge in [0, 0.05) is 11.8 Å². The Labute approximate surface area is 258 Å². The highest BCUT2D eigenvalue weighted by Crippen LogP contribution is 2.52. The second-order valence-electron chi connectivity index (χ2n) is 12.0. The monoisotopic (exact) mass is 558 g/mol. The Morgan fingerprint density at radius 1 is 0.432 bits per heavy atom. The van der Waals surface area contributed by atoms with E-state index >= 15 is 0 Å².